The summed E-state index contributed by atoms with van der Waals surface area (Å²) in [6, 6.07) is 8.41. The van der Waals surface area contributed by atoms with Crippen molar-refractivity contribution >= 4 is 52.2 Å². The monoisotopic (exact) mass is 330 g/mol. The van der Waals surface area contributed by atoms with Gasteiger partial charge in [0, 0.05) is 21.8 Å². The van der Waals surface area contributed by atoms with Crippen LogP contribution in [0.25, 0.3) is 0 Å². The van der Waals surface area contributed by atoms with Gasteiger partial charge in [-0.3, -0.25) is 0 Å². The average Bonchev–Trinajstić information content (AvgIpc) is 2.31. The number of carbonyl (C=O) groups is 1. The molecule has 2 amide bonds. The molecule has 0 saturated carbocycles. The number of hydrogen-bond donors (Lipinski definition) is 3. The van der Waals surface area contributed by atoms with E-state index < -0.39 is 6.03 Å². The molecule has 0 radical (unpaired) electrons. The van der Waals surface area contributed by atoms with Crippen molar-refractivity contribution in [2.24, 2.45) is 0 Å². The van der Waals surface area contributed by atoms with Crippen LogP contribution in [0.5, 0.6) is 5.75 Å². The van der Waals surface area contributed by atoms with Gasteiger partial charge < -0.3 is 15.7 Å². The molecule has 0 aliphatic carbocycles. The van der Waals surface area contributed by atoms with Crippen molar-refractivity contribution in [1.29, 1.82) is 0 Å². The smallest absolute Gasteiger partial charge is 0.323 e. The molecule has 2 rings (SSSR count). The van der Waals surface area contributed by atoms with Gasteiger partial charge in [0.2, 0.25) is 0 Å². The third-order valence-corrected chi connectivity index (χ3v) is 3.07. The van der Waals surface area contributed by atoms with Crippen molar-refractivity contribution in [3.8, 4) is 5.75 Å². The Morgan fingerprint density at radius 2 is 1.60 bits per heavy atom. The fourth-order valence-corrected chi connectivity index (χ4v) is 2.26. The van der Waals surface area contributed by atoms with Crippen LogP contribution in [0.4, 0.5) is 16.2 Å². The highest BCUT2D eigenvalue weighted by molar-refractivity contribution is 6.35. The minimum Gasteiger partial charge on any atom is -0.508 e. The van der Waals surface area contributed by atoms with Crippen LogP contribution in [0, 0.1) is 0 Å². The molecule has 0 saturated heterocycles. The van der Waals surface area contributed by atoms with Crippen LogP contribution in [0.2, 0.25) is 15.1 Å². The zero-order valence-corrected chi connectivity index (χ0v) is 12.2. The van der Waals surface area contributed by atoms with E-state index in [0.717, 1.165) is 0 Å². The molecular formula is C13H9Cl3N2O2. The Kier molecular flexibility index (Phi) is 4.60. The topological polar surface area (TPSA) is 61.4 Å². The van der Waals surface area contributed by atoms with Gasteiger partial charge in [-0.2, -0.15) is 0 Å². The molecule has 3 N–H and O–H groups in total. The summed E-state index contributed by atoms with van der Waals surface area (Å²) < 4.78 is 0. The lowest BCUT2D eigenvalue weighted by Gasteiger charge is -2.09. The van der Waals surface area contributed by atoms with E-state index in [0.29, 0.717) is 21.4 Å². The van der Waals surface area contributed by atoms with Crippen LogP contribution in [0.15, 0.2) is 36.4 Å². The molecule has 0 fully saturated rings. The lowest BCUT2D eigenvalue weighted by atomic mass is 10.3. The number of rotatable bonds is 2. The number of phenolic OH excluding ortho intramolecular Hbond substituents is 1. The normalized spacial score (nSPS) is 10.2. The molecule has 0 heterocycles. The minimum atomic E-state index is -0.504. The Balaban J connectivity index is 2.09. The molecule has 0 atom stereocenters. The third kappa shape index (κ3) is 3.93. The first-order valence-corrected chi connectivity index (χ1v) is 6.60. The second-order valence-electron chi connectivity index (χ2n) is 3.90. The van der Waals surface area contributed by atoms with Gasteiger partial charge in [-0.1, -0.05) is 34.8 Å². The number of urea groups is 1. The van der Waals surface area contributed by atoms with E-state index in [-0.39, 0.29) is 10.8 Å². The van der Waals surface area contributed by atoms with Crippen molar-refractivity contribution in [1.82, 2.24) is 0 Å². The maximum absolute atomic E-state index is 11.8. The highest BCUT2D eigenvalue weighted by atomic mass is 35.5. The maximum atomic E-state index is 11.8. The van der Waals surface area contributed by atoms with Gasteiger partial charge in [-0.05, 0) is 30.3 Å². The number of benzene rings is 2. The summed E-state index contributed by atoms with van der Waals surface area (Å²) >= 11 is 17.5. The second-order valence-corrected chi connectivity index (χ2v) is 5.18. The summed E-state index contributed by atoms with van der Waals surface area (Å²) in [5, 5.41) is 15.4. The molecule has 4 nitrogen and oxygen atoms in total. The Hall–Kier alpha value is -1.62. The van der Waals surface area contributed by atoms with Crippen LogP contribution in [-0.2, 0) is 0 Å². The zero-order valence-electron chi connectivity index (χ0n) is 9.95. The fourth-order valence-electron chi connectivity index (χ4n) is 1.52. The predicted molar refractivity (Wildman–Crippen MR) is 82.2 cm³/mol. The summed E-state index contributed by atoms with van der Waals surface area (Å²) in [4.78, 5) is 11.8. The van der Waals surface area contributed by atoms with Gasteiger partial charge in [0.25, 0.3) is 0 Å². The van der Waals surface area contributed by atoms with E-state index >= 15 is 0 Å². The number of amides is 2. The van der Waals surface area contributed by atoms with E-state index in [1.165, 1.54) is 18.2 Å². The summed E-state index contributed by atoms with van der Waals surface area (Å²) in [7, 11) is 0. The van der Waals surface area contributed by atoms with E-state index in [1.807, 2.05) is 0 Å². The molecule has 20 heavy (non-hydrogen) atoms. The minimum absolute atomic E-state index is 0.0163. The van der Waals surface area contributed by atoms with Crippen molar-refractivity contribution in [2.45, 2.75) is 0 Å². The Morgan fingerprint density at radius 1 is 0.950 bits per heavy atom. The highest BCUT2D eigenvalue weighted by Crippen LogP contribution is 2.26. The van der Waals surface area contributed by atoms with Gasteiger partial charge in [-0.15, -0.1) is 0 Å². The number of aromatic hydroxyl groups is 1. The van der Waals surface area contributed by atoms with E-state index in [9.17, 15) is 9.90 Å². The molecule has 0 bridgehead atoms. The lowest BCUT2D eigenvalue weighted by molar-refractivity contribution is 0.262. The van der Waals surface area contributed by atoms with E-state index in [2.05, 4.69) is 10.6 Å². The number of carbonyl (C=O) groups excluding carboxylic acids is 1. The summed E-state index contributed by atoms with van der Waals surface area (Å²) in [6.45, 7) is 0. The Morgan fingerprint density at radius 3 is 2.20 bits per heavy atom. The van der Waals surface area contributed by atoms with Gasteiger partial charge in [0.05, 0.1) is 10.7 Å². The number of halogens is 3. The number of hydrogen-bond acceptors (Lipinski definition) is 2. The molecule has 0 aliphatic heterocycles. The number of nitrogens with one attached hydrogen (secondary N) is 2. The summed E-state index contributed by atoms with van der Waals surface area (Å²) in [6.07, 6.45) is 0. The highest BCUT2D eigenvalue weighted by Gasteiger charge is 2.07. The average molecular weight is 332 g/mol. The molecule has 0 unspecified atom stereocenters. The molecule has 0 aromatic heterocycles. The van der Waals surface area contributed by atoms with Gasteiger partial charge in [0.1, 0.15) is 5.75 Å². The molecule has 0 aliphatic rings. The fraction of sp³-hybridized carbons (Fsp3) is 0. The predicted octanol–water partition coefficient (Wildman–Crippen LogP) is 5.00. The molecule has 2 aromatic rings. The lowest BCUT2D eigenvalue weighted by Crippen LogP contribution is -2.19. The van der Waals surface area contributed by atoms with E-state index in [4.69, 9.17) is 34.8 Å². The SMILES string of the molecule is O=C(Nc1cc(Cl)cc(Cl)c1)Nc1ccc(O)cc1Cl. The maximum Gasteiger partial charge on any atom is 0.323 e. The van der Waals surface area contributed by atoms with Crippen molar-refractivity contribution in [3.05, 3.63) is 51.5 Å². The first-order chi connectivity index (χ1) is 9.44. The first kappa shape index (κ1) is 14.8. The van der Waals surface area contributed by atoms with Crippen LogP contribution in [0.1, 0.15) is 0 Å². The molecule has 104 valence electrons. The zero-order chi connectivity index (χ0) is 14.7. The summed E-state index contributed by atoms with van der Waals surface area (Å²) in [5.74, 6) is 0.0163. The van der Waals surface area contributed by atoms with Gasteiger partial charge in [0.15, 0.2) is 0 Å². The first-order valence-electron chi connectivity index (χ1n) is 5.46. The molecule has 7 heteroatoms. The van der Waals surface area contributed by atoms with Gasteiger partial charge in [-0.25, -0.2) is 4.79 Å². The number of anilines is 2. The number of phenols is 1. The Bertz CT molecular complexity index is 642. The molecule has 2 aromatic carbocycles. The summed E-state index contributed by atoms with van der Waals surface area (Å²) in [5.41, 5.74) is 0.824. The van der Waals surface area contributed by atoms with E-state index in [1.54, 1.807) is 18.2 Å². The molecular weight excluding hydrogens is 323 g/mol. The molecule has 0 spiro atoms. The Labute approximate surface area is 130 Å². The van der Waals surface area contributed by atoms with Crippen LogP contribution in [0.3, 0.4) is 0 Å². The second kappa shape index (κ2) is 6.22. The van der Waals surface area contributed by atoms with Crippen LogP contribution >= 0.6 is 34.8 Å². The third-order valence-electron chi connectivity index (χ3n) is 2.32. The largest absolute Gasteiger partial charge is 0.508 e. The van der Waals surface area contributed by atoms with Crippen LogP contribution < -0.4 is 10.6 Å². The van der Waals surface area contributed by atoms with Crippen molar-refractivity contribution < 1.29 is 9.90 Å². The van der Waals surface area contributed by atoms with Crippen molar-refractivity contribution in [3.63, 3.8) is 0 Å². The van der Waals surface area contributed by atoms with Crippen LogP contribution in [-0.4, -0.2) is 11.1 Å². The van der Waals surface area contributed by atoms with Crippen molar-refractivity contribution in [2.75, 3.05) is 10.6 Å². The van der Waals surface area contributed by atoms with Gasteiger partial charge >= 0.3 is 6.03 Å². The standard InChI is InChI=1S/C13H9Cl3N2O2/c14-7-3-8(15)5-9(4-7)17-13(20)18-12-2-1-10(19)6-11(12)16/h1-6,19H,(H2,17,18,20). The quantitative estimate of drug-likeness (QED) is 0.678.